The molecule has 0 bridgehead atoms. The van der Waals surface area contributed by atoms with Gasteiger partial charge in [-0.15, -0.1) is 0 Å². The van der Waals surface area contributed by atoms with Crippen LogP contribution >= 0.6 is 0 Å². The van der Waals surface area contributed by atoms with E-state index < -0.39 is 0 Å². The Labute approximate surface area is 106 Å². The lowest BCUT2D eigenvalue weighted by molar-refractivity contribution is 1.07. The Hall–Kier alpha value is -2.13. The van der Waals surface area contributed by atoms with Crippen LogP contribution in [0.1, 0.15) is 11.1 Å². The van der Waals surface area contributed by atoms with Crippen LogP contribution < -0.4 is 11.1 Å². The summed E-state index contributed by atoms with van der Waals surface area (Å²) in [5, 5.41) is 3.28. The van der Waals surface area contributed by atoms with Gasteiger partial charge in [-0.05, 0) is 22.8 Å². The van der Waals surface area contributed by atoms with Crippen molar-refractivity contribution in [1.29, 1.82) is 0 Å². The first-order chi connectivity index (χ1) is 8.88. The number of nitrogens with two attached hydrogens (primary N) is 1. The second kappa shape index (κ2) is 4.63. The van der Waals surface area contributed by atoms with Crippen molar-refractivity contribution in [3.63, 3.8) is 0 Å². The summed E-state index contributed by atoms with van der Waals surface area (Å²) < 4.78 is 0. The molecule has 1 aromatic heterocycles. The normalized spacial score (nSPS) is 12.9. The molecule has 0 spiro atoms. The smallest absolute Gasteiger partial charge is 0.134 e. The first kappa shape index (κ1) is 11.0. The fourth-order valence-electron chi connectivity index (χ4n) is 2.19. The molecule has 3 rings (SSSR count). The minimum Gasteiger partial charge on any atom is -0.366 e. The Bertz CT molecular complexity index is 585. The minimum atomic E-state index is 0.580. The van der Waals surface area contributed by atoms with E-state index >= 15 is 0 Å². The van der Waals surface area contributed by atoms with Gasteiger partial charge in [-0.2, -0.15) is 0 Å². The van der Waals surface area contributed by atoms with Gasteiger partial charge in [-0.3, -0.25) is 0 Å². The highest BCUT2D eigenvalue weighted by atomic mass is 15.0. The van der Waals surface area contributed by atoms with E-state index in [2.05, 4.69) is 46.7 Å². The summed E-state index contributed by atoms with van der Waals surface area (Å²) in [6, 6.07) is 10.4. The van der Waals surface area contributed by atoms with Crippen LogP contribution in [0, 0.1) is 0 Å². The van der Waals surface area contributed by atoms with Crippen molar-refractivity contribution < 1.29 is 0 Å². The van der Waals surface area contributed by atoms with E-state index in [0.29, 0.717) is 6.54 Å². The SMILES string of the molecule is NCc1ccc(-c2ccnc3c2C=CCN3)cc1. The lowest BCUT2D eigenvalue weighted by Gasteiger charge is -2.15. The molecule has 2 heterocycles. The first-order valence-corrected chi connectivity index (χ1v) is 6.07. The molecule has 3 heteroatoms. The van der Waals surface area contributed by atoms with Crippen LogP contribution in [0.5, 0.6) is 0 Å². The van der Waals surface area contributed by atoms with Crippen LogP contribution in [0.4, 0.5) is 5.82 Å². The number of rotatable bonds is 2. The fraction of sp³-hybridized carbons (Fsp3) is 0.133. The summed E-state index contributed by atoms with van der Waals surface area (Å²) in [7, 11) is 0. The number of hydrogen-bond acceptors (Lipinski definition) is 3. The number of pyridine rings is 1. The summed E-state index contributed by atoms with van der Waals surface area (Å²) in [4.78, 5) is 4.36. The molecule has 3 N–H and O–H groups in total. The van der Waals surface area contributed by atoms with Crippen molar-refractivity contribution in [1.82, 2.24) is 4.98 Å². The van der Waals surface area contributed by atoms with Crippen LogP contribution in [-0.2, 0) is 6.54 Å². The van der Waals surface area contributed by atoms with Crippen LogP contribution in [0.2, 0.25) is 0 Å². The zero-order chi connectivity index (χ0) is 12.4. The number of benzene rings is 1. The average molecular weight is 237 g/mol. The van der Waals surface area contributed by atoms with E-state index in [0.717, 1.165) is 23.5 Å². The Balaban J connectivity index is 2.09. The molecular weight excluding hydrogens is 222 g/mol. The summed E-state index contributed by atoms with van der Waals surface area (Å²) >= 11 is 0. The van der Waals surface area contributed by atoms with Crippen LogP contribution in [0.3, 0.4) is 0 Å². The highest BCUT2D eigenvalue weighted by molar-refractivity contribution is 5.82. The third-order valence-corrected chi connectivity index (χ3v) is 3.16. The van der Waals surface area contributed by atoms with Gasteiger partial charge in [0.1, 0.15) is 5.82 Å². The molecule has 0 atom stereocenters. The Morgan fingerprint density at radius 1 is 1.17 bits per heavy atom. The second-order valence-electron chi connectivity index (χ2n) is 4.31. The zero-order valence-electron chi connectivity index (χ0n) is 10.1. The number of fused-ring (bicyclic) bond motifs is 1. The molecule has 0 amide bonds. The molecule has 1 aromatic carbocycles. The van der Waals surface area contributed by atoms with Crippen LogP contribution in [0.25, 0.3) is 17.2 Å². The Morgan fingerprint density at radius 2 is 2.00 bits per heavy atom. The highest BCUT2D eigenvalue weighted by Crippen LogP contribution is 2.30. The van der Waals surface area contributed by atoms with Gasteiger partial charge in [0.05, 0.1) is 0 Å². The summed E-state index contributed by atoms with van der Waals surface area (Å²) in [5.41, 5.74) is 10.3. The molecule has 1 aliphatic rings. The number of anilines is 1. The van der Waals surface area contributed by atoms with Gasteiger partial charge in [-0.1, -0.05) is 36.4 Å². The lowest BCUT2D eigenvalue weighted by Crippen LogP contribution is -2.07. The topological polar surface area (TPSA) is 50.9 Å². The number of aromatic nitrogens is 1. The molecule has 0 radical (unpaired) electrons. The lowest BCUT2D eigenvalue weighted by atomic mass is 9.98. The standard InChI is InChI=1S/C15H15N3/c16-10-11-3-5-12(6-4-11)13-7-9-18-15-14(13)2-1-8-17-15/h1-7,9H,8,10,16H2,(H,17,18). The summed E-state index contributed by atoms with van der Waals surface area (Å²) in [5.74, 6) is 0.956. The molecule has 90 valence electrons. The van der Waals surface area contributed by atoms with Gasteiger partial charge < -0.3 is 11.1 Å². The average Bonchev–Trinajstić information content (AvgIpc) is 2.47. The molecule has 0 unspecified atom stereocenters. The van der Waals surface area contributed by atoms with E-state index in [9.17, 15) is 0 Å². The monoisotopic (exact) mass is 237 g/mol. The number of nitrogens with one attached hydrogen (secondary N) is 1. The maximum atomic E-state index is 5.62. The predicted molar refractivity (Wildman–Crippen MR) is 75.1 cm³/mol. The molecule has 0 fully saturated rings. The molecule has 3 nitrogen and oxygen atoms in total. The zero-order valence-corrected chi connectivity index (χ0v) is 10.1. The third kappa shape index (κ3) is 1.89. The number of nitrogens with zero attached hydrogens (tertiary/aromatic N) is 1. The molecule has 0 aliphatic carbocycles. The van der Waals surface area contributed by atoms with Gasteiger partial charge in [0.2, 0.25) is 0 Å². The molecule has 0 saturated heterocycles. The quantitative estimate of drug-likeness (QED) is 0.844. The van der Waals surface area contributed by atoms with Gasteiger partial charge >= 0.3 is 0 Å². The van der Waals surface area contributed by atoms with E-state index in [-0.39, 0.29) is 0 Å². The molecule has 2 aromatic rings. The van der Waals surface area contributed by atoms with Crippen molar-refractivity contribution in [3.8, 4) is 11.1 Å². The van der Waals surface area contributed by atoms with Crippen molar-refractivity contribution in [2.45, 2.75) is 6.54 Å². The predicted octanol–water partition coefficient (Wildman–Crippen LogP) is 2.65. The van der Waals surface area contributed by atoms with E-state index in [1.54, 1.807) is 0 Å². The van der Waals surface area contributed by atoms with Crippen molar-refractivity contribution in [3.05, 3.63) is 53.7 Å². The van der Waals surface area contributed by atoms with Crippen LogP contribution in [-0.4, -0.2) is 11.5 Å². The highest BCUT2D eigenvalue weighted by Gasteiger charge is 2.10. The Morgan fingerprint density at radius 3 is 2.78 bits per heavy atom. The van der Waals surface area contributed by atoms with Crippen molar-refractivity contribution >= 4 is 11.9 Å². The van der Waals surface area contributed by atoms with E-state index in [4.69, 9.17) is 5.73 Å². The molecule has 0 saturated carbocycles. The number of hydrogen-bond donors (Lipinski definition) is 2. The van der Waals surface area contributed by atoms with Gasteiger partial charge in [0, 0.05) is 24.8 Å². The van der Waals surface area contributed by atoms with Crippen LogP contribution in [0.15, 0.2) is 42.6 Å². The molecule has 18 heavy (non-hydrogen) atoms. The second-order valence-corrected chi connectivity index (χ2v) is 4.31. The third-order valence-electron chi connectivity index (χ3n) is 3.16. The first-order valence-electron chi connectivity index (χ1n) is 6.07. The van der Waals surface area contributed by atoms with E-state index in [1.165, 1.54) is 11.1 Å². The fourth-order valence-corrected chi connectivity index (χ4v) is 2.19. The molecule has 1 aliphatic heterocycles. The molecular formula is C15H15N3. The summed E-state index contributed by atoms with van der Waals surface area (Å²) in [6.45, 7) is 1.42. The maximum Gasteiger partial charge on any atom is 0.134 e. The van der Waals surface area contributed by atoms with Crippen molar-refractivity contribution in [2.75, 3.05) is 11.9 Å². The maximum absolute atomic E-state index is 5.62. The van der Waals surface area contributed by atoms with Gasteiger partial charge in [0.15, 0.2) is 0 Å². The van der Waals surface area contributed by atoms with Gasteiger partial charge in [-0.25, -0.2) is 4.98 Å². The Kier molecular flexibility index (Phi) is 2.82. The van der Waals surface area contributed by atoms with Crippen molar-refractivity contribution in [2.24, 2.45) is 5.73 Å². The van der Waals surface area contributed by atoms with Gasteiger partial charge in [0.25, 0.3) is 0 Å². The summed E-state index contributed by atoms with van der Waals surface area (Å²) in [6.07, 6.45) is 6.09. The minimum absolute atomic E-state index is 0.580. The van der Waals surface area contributed by atoms with E-state index in [1.807, 2.05) is 12.3 Å². The largest absolute Gasteiger partial charge is 0.366 e.